The van der Waals surface area contributed by atoms with E-state index in [0.29, 0.717) is 12.0 Å². The first-order valence-electron chi connectivity index (χ1n) is 7.74. The first-order chi connectivity index (χ1) is 10.2. The highest BCUT2D eigenvalue weighted by Gasteiger charge is 2.18. The first-order valence-corrected chi connectivity index (χ1v) is 7.74. The minimum atomic E-state index is 0.430. The second kappa shape index (κ2) is 6.31. The van der Waals surface area contributed by atoms with E-state index < -0.39 is 0 Å². The maximum atomic E-state index is 5.70. The molecule has 0 aliphatic carbocycles. The van der Waals surface area contributed by atoms with Crippen molar-refractivity contribution in [1.82, 2.24) is 15.3 Å². The Kier molecular flexibility index (Phi) is 4.25. The van der Waals surface area contributed by atoms with Crippen LogP contribution in [0.2, 0.25) is 0 Å². The van der Waals surface area contributed by atoms with Gasteiger partial charge in [-0.3, -0.25) is 0 Å². The summed E-state index contributed by atoms with van der Waals surface area (Å²) in [4.78, 5) is 7.93. The van der Waals surface area contributed by atoms with Crippen molar-refractivity contribution in [2.75, 3.05) is 13.2 Å². The highest BCUT2D eigenvalue weighted by Crippen LogP contribution is 2.25. The average molecular weight is 285 g/mol. The van der Waals surface area contributed by atoms with Gasteiger partial charge in [0.1, 0.15) is 11.6 Å². The lowest BCUT2D eigenvalue weighted by Crippen LogP contribution is -2.12. The van der Waals surface area contributed by atoms with Crippen LogP contribution in [0.3, 0.4) is 0 Å². The molecule has 4 nitrogen and oxygen atoms in total. The van der Waals surface area contributed by atoms with Gasteiger partial charge >= 0.3 is 0 Å². The molecule has 0 saturated carbocycles. The smallest absolute Gasteiger partial charge is 0.137 e. The Morgan fingerprint density at radius 2 is 2.10 bits per heavy atom. The summed E-state index contributed by atoms with van der Waals surface area (Å²) in [5.41, 5.74) is 2.28. The lowest BCUT2D eigenvalue weighted by atomic mass is 10.2. The van der Waals surface area contributed by atoms with E-state index in [1.165, 1.54) is 18.5 Å². The van der Waals surface area contributed by atoms with Crippen LogP contribution in [0.1, 0.15) is 38.4 Å². The van der Waals surface area contributed by atoms with Crippen molar-refractivity contribution in [3.05, 3.63) is 36.2 Å². The van der Waals surface area contributed by atoms with Crippen molar-refractivity contribution in [3.8, 4) is 17.1 Å². The van der Waals surface area contributed by atoms with Gasteiger partial charge in [-0.1, -0.05) is 13.8 Å². The zero-order valence-electron chi connectivity index (χ0n) is 12.7. The highest BCUT2D eigenvalue weighted by atomic mass is 16.5. The molecule has 1 aromatic carbocycles. The minimum Gasteiger partial charge on any atom is -0.493 e. The average Bonchev–Trinajstić information content (AvgIpc) is 3.16. The van der Waals surface area contributed by atoms with Crippen molar-refractivity contribution in [2.24, 2.45) is 5.92 Å². The second-order valence-corrected chi connectivity index (χ2v) is 6.07. The number of aromatic nitrogens is 2. The summed E-state index contributed by atoms with van der Waals surface area (Å²) in [6.45, 7) is 6.14. The number of rotatable bonds is 5. The quantitative estimate of drug-likeness (QED) is 0.883. The predicted molar refractivity (Wildman–Crippen MR) is 84.3 cm³/mol. The fourth-order valence-corrected chi connectivity index (χ4v) is 2.58. The Labute approximate surface area is 125 Å². The van der Waals surface area contributed by atoms with Crippen LogP contribution in [0.4, 0.5) is 0 Å². The molecule has 0 spiro atoms. The number of nitrogens with one attached hydrogen (secondary N) is 2. The van der Waals surface area contributed by atoms with Crippen molar-refractivity contribution < 1.29 is 4.74 Å². The van der Waals surface area contributed by atoms with Gasteiger partial charge in [0.15, 0.2) is 0 Å². The zero-order chi connectivity index (χ0) is 14.7. The fraction of sp³-hybridized carbons (Fsp3) is 0.471. The Hall–Kier alpha value is -1.81. The first kappa shape index (κ1) is 14.1. The predicted octanol–water partition coefficient (Wildman–Crippen LogP) is 3.54. The van der Waals surface area contributed by atoms with Gasteiger partial charge in [0, 0.05) is 11.6 Å². The normalized spacial score (nSPS) is 18.3. The molecule has 0 bridgehead atoms. The van der Waals surface area contributed by atoms with E-state index in [-0.39, 0.29) is 0 Å². The molecule has 0 radical (unpaired) electrons. The van der Waals surface area contributed by atoms with Crippen LogP contribution in [-0.2, 0) is 0 Å². The molecule has 1 saturated heterocycles. The molecular formula is C17H23N3O. The van der Waals surface area contributed by atoms with Crippen LogP contribution in [0, 0.1) is 5.92 Å². The van der Waals surface area contributed by atoms with Crippen molar-refractivity contribution >= 4 is 0 Å². The van der Waals surface area contributed by atoms with E-state index >= 15 is 0 Å². The van der Waals surface area contributed by atoms with Crippen molar-refractivity contribution in [3.63, 3.8) is 0 Å². The molecule has 112 valence electrons. The molecule has 1 aliphatic heterocycles. The van der Waals surface area contributed by atoms with E-state index in [0.717, 1.165) is 30.3 Å². The highest BCUT2D eigenvalue weighted by molar-refractivity contribution is 5.56. The Balaban J connectivity index is 1.69. The van der Waals surface area contributed by atoms with E-state index in [1.807, 2.05) is 18.3 Å². The third kappa shape index (κ3) is 3.45. The Bertz CT molecular complexity index is 568. The molecule has 1 fully saturated rings. The maximum Gasteiger partial charge on any atom is 0.137 e. The van der Waals surface area contributed by atoms with E-state index in [1.54, 1.807) is 0 Å². The van der Waals surface area contributed by atoms with Crippen LogP contribution in [0.15, 0.2) is 30.5 Å². The number of imidazole rings is 1. The summed E-state index contributed by atoms with van der Waals surface area (Å²) in [5, 5.41) is 3.48. The van der Waals surface area contributed by atoms with Crippen molar-refractivity contribution in [1.29, 1.82) is 0 Å². The summed E-state index contributed by atoms with van der Waals surface area (Å²) in [5.74, 6) is 2.38. The Morgan fingerprint density at radius 3 is 2.76 bits per heavy atom. The summed E-state index contributed by atoms with van der Waals surface area (Å²) < 4.78 is 5.70. The lowest BCUT2D eigenvalue weighted by Gasteiger charge is -2.09. The topological polar surface area (TPSA) is 49.9 Å². The largest absolute Gasteiger partial charge is 0.493 e. The molecule has 0 amide bonds. The molecule has 4 heteroatoms. The van der Waals surface area contributed by atoms with Gasteiger partial charge in [0.25, 0.3) is 0 Å². The van der Waals surface area contributed by atoms with Crippen LogP contribution >= 0.6 is 0 Å². The fourth-order valence-electron chi connectivity index (χ4n) is 2.58. The van der Waals surface area contributed by atoms with E-state index in [2.05, 4.69) is 41.3 Å². The number of ether oxygens (including phenoxy) is 1. The minimum absolute atomic E-state index is 0.430. The number of hydrogen-bond donors (Lipinski definition) is 2. The number of H-pyrrole nitrogens is 1. The van der Waals surface area contributed by atoms with Crippen LogP contribution in [-0.4, -0.2) is 23.1 Å². The number of benzene rings is 1. The van der Waals surface area contributed by atoms with Crippen LogP contribution in [0.5, 0.6) is 5.75 Å². The van der Waals surface area contributed by atoms with Crippen LogP contribution < -0.4 is 10.1 Å². The van der Waals surface area contributed by atoms with Crippen LogP contribution in [0.25, 0.3) is 11.4 Å². The molecule has 1 aliphatic rings. The molecule has 1 aromatic heterocycles. The third-order valence-electron chi connectivity index (χ3n) is 3.74. The summed E-state index contributed by atoms with van der Waals surface area (Å²) in [7, 11) is 0. The summed E-state index contributed by atoms with van der Waals surface area (Å²) in [6.07, 6.45) is 4.37. The van der Waals surface area contributed by atoms with Gasteiger partial charge in [-0.05, 0) is 49.6 Å². The molecule has 1 unspecified atom stereocenters. The molecule has 3 rings (SSSR count). The lowest BCUT2D eigenvalue weighted by molar-refractivity contribution is 0.271. The van der Waals surface area contributed by atoms with E-state index in [4.69, 9.17) is 4.74 Å². The van der Waals surface area contributed by atoms with Gasteiger partial charge in [0.05, 0.1) is 18.5 Å². The molecule has 21 heavy (non-hydrogen) atoms. The molecule has 2 heterocycles. The van der Waals surface area contributed by atoms with Gasteiger partial charge in [-0.15, -0.1) is 0 Å². The molecular weight excluding hydrogens is 262 g/mol. The molecule has 1 atom stereocenters. The number of aromatic amines is 1. The monoisotopic (exact) mass is 285 g/mol. The van der Waals surface area contributed by atoms with Gasteiger partial charge in [-0.2, -0.15) is 0 Å². The molecule has 2 aromatic rings. The number of hydrogen-bond acceptors (Lipinski definition) is 3. The molecule has 2 N–H and O–H groups in total. The van der Waals surface area contributed by atoms with Gasteiger partial charge < -0.3 is 15.0 Å². The van der Waals surface area contributed by atoms with Gasteiger partial charge in [0.2, 0.25) is 0 Å². The maximum absolute atomic E-state index is 5.70. The standard InChI is InChI=1S/C17H23N3O/c1-12(2)11-21-14-7-5-13(6-8-14)17-19-10-16(20-17)15-4-3-9-18-15/h5-8,10,12,15,18H,3-4,9,11H2,1-2H3,(H,19,20). The summed E-state index contributed by atoms with van der Waals surface area (Å²) in [6, 6.07) is 8.56. The Morgan fingerprint density at radius 1 is 1.29 bits per heavy atom. The van der Waals surface area contributed by atoms with Gasteiger partial charge in [-0.25, -0.2) is 4.98 Å². The SMILES string of the molecule is CC(C)COc1ccc(-c2ncc(C3CCCN3)[nH]2)cc1. The summed E-state index contributed by atoms with van der Waals surface area (Å²) >= 11 is 0. The van der Waals surface area contributed by atoms with Crippen molar-refractivity contribution in [2.45, 2.75) is 32.7 Å². The second-order valence-electron chi connectivity index (χ2n) is 6.07. The third-order valence-corrected chi connectivity index (χ3v) is 3.74. The number of nitrogens with zero attached hydrogens (tertiary/aromatic N) is 1. The van der Waals surface area contributed by atoms with E-state index in [9.17, 15) is 0 Å². The zero-order valence-corrected chi connectivity index (χ0v) is 12.7.